The highest BCUT2D eigenvalue weighted by molar-refractivity contribution is 7.09. The zero-order valence-corrected chi connectivity index (χ0v) is 14.9. The van der Waals surface area contributed by atoms with Crippen LogP contribution in [0.2, 0.25) is 0 Å². The average Bonchev–Trinajstić information content (AvgIpc) is 3.17. The second-order valence-electron chi connectivity index (χ2n) is 5.92. The molecule has 0 fully saturated rings. The van der Waals surface area contributed by atoms with Gasteiger partial charge < -0.3 is 15.0 Å². The topological polar surface area (TPSA) is 71.3 Å². The molecule has 126 valence electrons. The molecule has 2 N–H and O–H groups in total. The van der Waals surface area contributed by atoms with Gasteiger partial charge in [0.25, 0.3) is 0 Å². The maximum atomic E-state index is 12.0. The molecule has 0 aliphatic heterocycles. The van der Waals surface area contributed by atoms with Gasteiger partial charge in [-0.25, -0.2) is 14.8 Å². The van der Waals surface area contributed by atoms with Crippen LogP contribution in [0.3, 0.4) is 0 Å². The summed E-state index contributed by atoms with van der Waals surface area (Å²) in [5.74, 6) is 0.201. The number of aromatic nitrogens is 3. The molecule has 0 bridgehead atoms. The smallest absolute Gasteiger partial charge is 0.315 e. The van der Waals surface area contributed by atoms with Crippen LogP contribution < -0.4 is 10.6 Å². The van der Waals surface area contributed by atoms with Gasteiger partial charge in [0.1, 0.15) is 5.65 Å². The normalized spacial score (nSPS) is 12.3. The monoisotopic (exact) mass is 343 g/mol. The molecule has 0 aliphatic rings. The molecule has 1 atom stereocenters. The zero-order valence-electron chi connectivity index (χ0n) is 14.0. The van der Waals surface area contributed by atoms with Crippen LogP contribution in [0.5, 0.6) is 0 Å². The summed E-state index contributed by atoms with van der Waals surface area (Å²) in [7, 11) is 0. The predicted molar refractivity (Wildman–Crippen MR) is 95.4 cm³/mol. The minimum atomic E-state index is -0.191. The van der Waals surface area contributed by atoms with Crippen molar-refractivity contribution in [1.82, 2.24) is 25.0 Å². The van der Waals surface area contributed by atoms with Crippen LogP contribution in [0, 0.1) is 13.8 Å². The fourth-order valence-corrected chi connectivity index (χ4v) is 3.31. The van der Waals surface area contributed by atoms with Crippen molar-refractivity contribution in [3.8, 4) is 0 Å². The molecular formula is C17H21N5OS. The molecule has 6 nitrogen and oxygen atoms in total. The van der Waals surface area contributed by atoms with Gasteiger partial charge in [0, 0.05) is 35.4 Å². The number of fused-ring (bicyclic) bond motifs is 1. The van der Waals surface area contributed by atoms with Gasteiger partial charge in [0.2, 0.25) is 0 Å². The summed E-state index contributed by atoms with van der Waals surface area (Å²) < 4.78 is 2.02. The van der Waals surface area contributed by atoms with Gasteiger partial charge in [-0.15, -0.1) is 11.3 Å². The third-order valence-corrected chi connectivity index (χ3v) is 5.00. The van der Waals surface area contributed by atoms with E-state index in [9.17, 15) is 4.79 Å². The van der Waals surface area contributed by atoms with Crippen LogP contribution in [0.4, 0.5) is 4.79 Å². The second kappa shape index (κ2) is 7.00. The first-order chi connectivity index (χ1) is 11.5. The first-order valence-electron chi connectivity index (χ1n) is 7.90. The number of urea groups is 1. The van der Waals surface area contributed by atoms with Gasteiger partial charge >= 0.3 is 6.03 Å². The molecule has 0 spiro atoms. The van der Waals surface area contributed by atoms with Crippen molar-refractivity contribution < 1.29 is 4.79 Å². The molecule has 3 aromatic heterocycles. The van der Waals surface area contributed by atoms with Crippen LogP contribution in [0.25, 0.3) is 5.65 Å². The first kappa shape index (κ1) is 16.4. The lowest BCUT2D eigenvalue weighted by Crippen LogP contribution is -2.37. The SMILES string of the molecule is Cc1csc(C(C)CNC(=O)NCc2cn3c(C)cccc3n2)n1. The number of nitrogens with one attached hydrogen (secondary N) is 2. The minimum Gasteiger partial charge on any atom is -0.337 e. The highest BCUT2D eigenvalue weighted by Crippen LogP contribution is 2.18. The van der Waals surface area contributed by atoms with Crippen LogP contribution in [-0.4, -0.2) is 26.9 Å². The number of aryl methyl sites for hydroxylation is 2. The van der Waals surface area contributed by atoms with Crippen molar-refractivity contribution in [3.05, 3.63) is 51.9 Å². The highest BCUT2D eigenvalue weighted by Gasteiger charge is 2.11. The number of carbonyl (C=O) groups excluding carboxylic acids is 1. The van der Waals surface area contributed by atoms with E-state index >= 15 is 0 Å². The second-order valence-corrected chi connectivity index (χ2v) is 6.81. The Morgan fingerprint density at radius 2 is 2.12 bits per heavy atom. The van der Waals surface area contributed by atoms with Gasteiger partial charge in [-0.3, -0.25) is 0 Å². The Bertz CT molecular complexity index is 854. The van der Waals surface area contributed by atoms with Crippen LogP contribution in [0.1, 0.15) is 34.9 Å². The van der Waals surface area contributed by atoms with Crippen molar-refractivity contribution in [2.45, 2.75) is 33.2 Å². The quantitative estimate of drug-likeness (QED) is 0.748. The molecule has 7 heteroatoms. The van der Waals surface area contributed by atoms with Gasteiger partial charge in [0.15, 0.2) is 0 Å². The Labute approximate surface area is 145 Å². The molecule has 0 saturated heterocycles. The Balaban J connectivity index is 1.50. The van der Waals surface area contributed by atoms with Gasteiger partial charge in [0.05, 0.1) is 17.2 Å². The molecule has 3 rings (SSSR count). The summed E-state index contributed by atoms with van der Waals surface area (Å²) in [6.45, 7) is 7.02. The molecule has 3 aromatic rings. The fraction of sp³-hybridized carbons (Fsp3) is 0.353. The number of hydrogen-bond donors (Lipinski definition) is 2. The minimum absolute atomic E-state index is 0.191. The summed E-state index contributed by atoms with van der Waals surface area (Å²) in [5.41, 5.74) is 3.86. The molecule has 0 aliphatic carbocycles. The van der Waals surface area contributed by atoms with Crippen LogP contribution in [0.15, 0.2) is 29.8 Å². The van der Waals surface area contributed by atoms with E-state index in [1.54, 1.807) is 11.3 Å². The van der Waals surface area contributed by atoms with Gasteiger partial charge in [-0.2, -0.15) is 0 Å². The maximum Gasteiger partial charge on any atom is 0.315 e. The van der Waals surface area contributed by atoms with E-state index in [4.69, 9.17) is 0 Å². The lowest BCUT2D eigenvalue weighted by Gasteiger charge is -2.10. The number of nitrogens with zero attached hydrogens (tertiary/aromatic N) is 3. The van der Waals surface area contributed by atoms with Crippen molar-refractivity contribution in [3.63, 3.8) is 0 Å². The molecule has 0 aromatic carbocycles. The van der Waals surface area contributed by atoms with E-state index in [0.29, 0.717) is 13.1 Å². The highest BCUT2D eigenvalue weighted by atomic mass is 32.1. The molecular weight excluding hydrogens is 322 g/mol. The van der Waals surface area contributed by atoms with Crippen LogP contribution >= 0.6 is 11.3 Å². The summed E-state index contributed by atoms with van der Waals surface area (Å²) in [4.78, 5) is 20.9. The van der Waals surface area contributed by atoms with Gasteiger partial charge in [-0.1, -0.05) is 13.0 Å². The lowest BCUT2D eigenvalue weighted by atomic mass is 10.2. The summed E-state index contributed by atoms with van der Waals surface area (Å²) >= 11 is 1.63. The number of amides is 2. The van der Waals surface area contributed by atoms with Crippen molar-refractivity contribution in [2.75, 3.05) is 6.54 Å². The predicted octanol–water partition coefficient (Wildman–Crippen LogP) is 3.01. The van der Waals surface area contributed by atoms with Crippen LogP contribution in [-0.2, 0) is 6.54 Å². The molecule has 0 radical (unpaired) electrons. The number of hydrogen-bond acceptors (Lipinski definition) is 4. The summed E-state index contributed by atoms with van der Waals surface area (Å²) in [5, 5.41) is 8.81. The molecule has 24 heavy (non-hydrogen) atoms. The third kappa shape index (κ3) is 3.73. The fourth-order valence-electron chi connectivity index (χ4n) is 2.45. The number of carbonyl (C=O) groups is 1. The first-order valence-corrected chi connectivity index (χ1v) is 8.78. The van der Waals surface area contributed by atoms with E-state index in [-0.39, 0.29) is 11.9 Å². The van der Waals surface area contributed by atoms with Gasteiger partial charge in [-0.05, 0) is 26.0 Å². The Hall–Kier alpha value is -2.41. The Morgan fingerprint density at radius 3 is 2.83 bits per heavy atom. The van der Waals surface area contributed by atoms with E-state index in [1.165, 1.54) is 0 Å². The largest absolute Gasteiger partial charge is 0.337 e. The molecule has 1 unspecified atom stereocenters. The number of pyridine rings is 1. The maximum absolute atomic E-state index is 12.0. The summed E-state index contributed by atoms with van der Waals surface area (Å²) in [6, 6.07) is 5.77. The van der Waals surface area contributed by atoms with E-state index in [1.807, 2.05) is 48.0 Å². The Kier molecular flexibility index (Phi) is 4.80. The average molecular weight is 343 g/mol. The molecule has 2 amide bonds. The number of imidazole rings is 1. The molecule has 3 heterocycles. The van der Waals surface area contributed by atoms with E-state index < -0.39 is 0 Å². The molecule has 0 saturated carbocycles. The number of thiazole rings is 1. The number of rotatable bonds is 5. The van der Waals surface area contributed by atoms with Crippen molar-refractivity contribution in [1.29, 1.82) is 0 Å². The summed E-state index contributed by atoms with van der Waals surface area (Å²) in [6.07, 6.45) is 1.95. The zero-order chi connectivity index (χ0) is 17.1. The van der Waals surface area contributed by atoms with Crippen molar-refractivity contribution in [2.24, 2.45) is 0 Å². The van der Waals surface area contributed by atoms with Crippen molar-refractivity contribution >= 4 is 23.0 Å². The third-order valence-electron chi connectivity index (χ3n) is 3.80. The van der Waals surface area contributed by atoms with E-state index in [2.05, 4.69) is 27.5 Å². The lowest BCUT2D eigenvalue weighted by molar-refractivity contribution is 0.240. The Morgan fingerprint density at radius 1 is 1.29 bits per heavy atom. The standard InChI is InChI=1S/C17H21N5OS/c1-11(16-20-12(2)10-24-16)7-18-17(23)19-8-14-9-22-13(3)5-4-6-15(22)21-14/h4-6,9-11H,7-8H2,1-3H3,(H2,18,19,23). The van der Waals surface area contributed by atoms with E-state index in [0.717, 1.165) is 27.7 Å².